The second-order valence-corrected chi connectivity index (χ2v) is 5.10. The highest BCUT2D eigenvalue weighted by Crippen LogP contribution is 2.24. The Morgan fingerprint density at radius 2 is 2.05 bits per heavy atom. The number of furan rings is 1. The van der Waals surface area contributed by atoms with Gasteiger partial charge in [0.05, 0.1) is 0 Å². The normalized spacial score (nSPS) is 16.9. The molecule has 22 heavy (non-hydrogen) atoms. The summed E-state index contributed by atoms with van der Waals surface area (Å²) in [5.41, 5.74) is 0. The Kier molecular flexibility index (Phi) is 5.46. The van der Waals surface area contributed by atoms with Gasteiger partial charge in [-0.05, 0) is 31.2 Å². The van der Waals surface area contributed by atoms with E-state index in [9.17, 15) is 4.79 Å². The van der Waals surface area contributed by atoms with Crippen LogP contribution < -0.4 is 10.1 Å². The van der Waals surface area contributed by atoms with Gasteiger partial charge in [0.2, 0.25) is 0 Å². The van der Waals surface area contributed by atoms with Crippen LogP contribution >= 0.6 is 12.4 Å². The third kappa shape index (κ3) is 3.61. The molecule has 1 N–H and O–H groups in total. The first-order valence-corrected chi connectivity index (χ1v) is 7.04. The van der Waals surface area contributed by atoms with E-state index in [4.69, 9.17) is 9.15 Å². The zero-order chi connectivity index (χ0) is 14.7. The quantitative estimate of drug-likeness (QED) is 0.940. The fourth-order valence-corrected chi connectivity index (χ4v) is 2.40. The van der Waals surface area contributed by atoms with Crippen molar-refractivity contribution in [1.82, 2.24) is 10.2 Å². The second-order valence-electron chi connectivity index (χ2n) is 5.10. The van der Waals surface area contributed by atoms with Gasteiger partial charge in [-0.1, -0.05) is 18.2 Å². The third-order valence-corrected chi connectivity index (χ3v) is 3.66. The van der Waals surface area contributed by atoms with Gasteiger partial charge in [0.15, 0.2) is 5.76 Å². The van der Waals surface area contributed by atoms with Gasteiger partial charge in [0.1, 0.15) is 5.75 Å². The number of carbonyl (C=O) groups excluding carboxylic acids is 1. The molecule has 3 rings (SSSR count). The molecule has 0 bridgehead atoms. The minimum Gasteiger partial charge on any atom is -0.426 e. The molecule has 1 aliphatic rings. The summed E-state index contributed by atoms with van der Waals surface area (Å²) in [7, 11) is 1.81. The molecular formula is C16H19ClN2O3. The smallest absolute Gasteiger partial charge is 0.290 e. The van der Waals surface area contributed by atoms with Crippen LogP contribution in [0, 0.1) is 0 Å². The maximum absolute atomic E-state index is 12.3. The van der Waals surface area contributed by atoms with E-state index in [-0.39, 0.29) is 24.4 Å². The molecule has 1 unspecified atom stereocenters. The molecule has 1 aromatic carbocycles. The molecule has 0 radical (unpaired) electrons. The topological polar surface area (TPSA) is 54.7 Å². The first kappa shape index (κ1) is 16.4. The maximum atomic E-state index is 12.3. The number of carbonyl (C=O) groups is 1. The van der Waals surface area contributed by atoms with E-state index in [1.54, 1.807) is 24.1 Å². The number of benzene rings is 1. The average molecular weight is 323 g/mol. The van der Waals surface area contributed by atoms with Gasteiger partial charge in [0, 0.05) is 25.7 Å². The minimum absolute atomic E-state index is 0. The van der Waals surface area contributed by atoms with Gasteiger partial charge in [-0.2, -0.15) is 0 Å². The number of likely N-dealkylation sites (N-methyl/N-ethyl adjacent to an activating group) is 1. The minimum atomic E-state index is -0.119. The highest BCUT2D eigenvalue weighted by molar-refractivity contribution is 5.91. The predicted octanol–water partition coefficient (Wildman–Crippen LogP) is 2.93. The third-order valence-electron chi connectivity index (χ3n) is 3.66. The van der Waals surface area contributed by atoms with Crippen LogP contribution in [0.2, 0.25) is 0 Å². The molecule has 1 saturated heterocycles. The standard InChI is InChI=1S/C16H18N2O3.ClH/c1-18(12-9-10-17-11-12)16(19)14-7-8-15(21-14)20-13-5-3-2-4-6-13;/h2-8,12,17H,9-11H2,1H3;1H. The van der Waals surface area contributed by atoms with Crippen LogP contribution in [-0.4, -0.2) is 37.0 Å². The zero-order valence-corrected chi connectivity index (χ0v) is 13.1. The van der Waals surface area contributed by atoms with Gasteiger partial charge >= 0.3 is 0 Å². The number of ether oxygens (including phenoxy) is 1. The van der Waals surface area contributed by atoms with Gasteiger partial charge < -0.3 is 19.4 Å². The van der Waals surface area contributed by atoms with Crippen LogP contribution in [0.1, 0.15) is 17.0 Å². The Morgan fingerprint density at radius 3 is 2.73 bits per heavy atom. The molecule has 1 aromatic heterocycles. The van der Waals surface area contributed by atoms with Crippen molar-refractivity contribution in [3.8, 4) is 11.7 Å². The van der Waals surface area contributed by atoms with Gasteiger partial charge in [-0.3, -0.25) is 4.79 Å². The molecule has 2 heterocycles. The highest BCUT2D eigenvalue weighted by Gasteiger charge is 2.26. The molecule has 1 amide bonds. The summed E-state index contributed by atoms with van der Waals surface area (Å²) in [4.78, 5) is 14.1. The summed E-state index contributed by atoms with van der Waals surface area (Å²) < 4.78 is 11.1. The van der Waals surface area contributed by atoms with Crippen molar-refractivity contribution >= 4 is 18.3 Å². The summed E-state index contributed by atoms with van der Waals surface area (Å²) in [5, 5.41) is 3.25. The van der Waals surface area contributed by atoms with Crippen LogP contribution in [0.4, 0.5) is 0 Å². The number of hydrogen-bond donors (Lipinski definition) is 1. The van der Waals surface area contributed by atoms with E-state index in [0.29, 0.717) is 17.5 Å². The lowest BCUT2D eigenvalue weighted by Crippen LogP contribution is -2.38. The number of halogens is 1. The highest BCUT2D eigenvalue weighted by atomic mass is 35.5. The fraction of sp³-hybridized carbons (Fsp3) is 0.312. The average Bonchev–Trinajstić information content (AvgIpc) is 3.18. The Morgan fingerprint density at radius 1 is 1.27 bits per heavy atom. The first-order chi connectivity index (χ1) is 10.2. The van der Waals surface area contributed by atoms with E-state index >= 15 is 0 Å². The van der Waals surface area contributed by atoms with Crippen molar-refractivity contribution in [1.29, 1.82) is 0 Å². The maximum Gasteiger partial charge on any atom is 0.290 e. The predicted molar refractivity (Wildman–Crippen MR) is 85.8 cm³/mol. The number of para-hydroxylation sites is 1. The first-order valence-electron chi connectivity index (χ1n) is 7.04. The Hall–Kier alpha value is -1.98. The SMILES string of the molecule is CN(C(=O)c1ccc(Oc2ccccc2)o1)C1CCNC1.Cl. The van der Waals surface area contributed by atoms with Crippen LogP contribution in [0.3, 0.4) is 0 Å². The molecule has 6 heteroatoms. The lowest BCUT2D eigenvalue weighted by atomic mass is 10.2. The molecule has 1 aliphatic heterocycles. The monoisotopic (exact) mass is 322 g/mol. The van der Waals surface area contributed by atoms with Crippen molar-refractivity contribution in [3.63, 3.8) is 0 Å². The molecule has 118 valence electrons. The van der Waals surface area contributed by atoms with Gasteiger partial charge in [-0.15, -0.1) is 12.4 Å². The number of hydrogen-bond acceptors (Lipinski definition) is 4. The Balaban J connectivity index is 0.00000176. The van der Waals surface area contributed by atoms with E-state index in [2.05, 4.69) is 5.32 Å². The number of amides is 1. The van der Waals surface area contributed by atoms with Crippen LogP contribution in [0.15, 0.2) is 46.9 Å². The van der Waals surface area contributed by atoms with Gasteiger partial charge in [0.25, 0.3) is 11.9 Å². The van der Waals surface area contributed by atoms with Crippen molar-refractivity contribution in [3.05, 3.63) is 48.2 Å². The number of nitrogens with zero attached hydrogens (tertiary/aromatic N) is 1. The van der Waals surface area contributed by atoms with Crippen molar-refractivity contribution < 1.29 is 13.9 Å². The fourth-order valence-electron chi connectivity index (χ4n) is 2.40. The molecule has 0 saturated carbocycles. The second kappa shape index (κ2) is 7.33. The molecule has 1 atom stereocenters. The number of nitrogens with one attached hydrogen (secondary N) is 1. The molecule has 5 nitrogen and oxygen atoms in total. The summed E-state index contributed by atoms with van der Waals surface area (Å²) in [6.07, 6.45) is 0.969. The largest absolute Gasteiger partial charge is 0.426 e. The zero-order valence-electron chi connectivity index (χ0n) is 12.3. The molecular weight excluding hydrogens is 304 g/mol. The van der Waals surface area contributed by atoms with E-state index in [0.717, 1.165) is 19.5 Å². The van der Waals surface area contributed by atoms with Gasteiger partial charge in [-0.25, -0.2) is 0 Å². The van der Waals surface area contributed by atoms with Crippen molar-refractivity contribution in [2.24, 2.45) is 0 Å². The molecule has 2 aromatic rings. The molecule has 1 fully saturated rings. The lowest BCUT2D eigenvalue weighted by Gasteiger charge is -2.22. The Bertz CT molecular complexity index is 609. The van der Waals surface area contributed by atoms with E-state index in [1.807, 2.05) is 30.3 Å². The van der Waals surface area contributed by atoms with E-state index < -0.39 is 0 Å². The van der Waals surface area contributed by atoms with E-state index in [1.165, 1.54) is 0 Å². The number of rotatable bonds is 4. The van der Waals surface area contributed by atoms with Crippen molar-refractivity contribution in [2.45, 2.75) is 12.5 Å². The van der Waals surface area contributed by atoms with Crippen LogP contribution in [0.5, 0.6) is 11.7 Å². The van der Waals surface area contributed by atoms with Crippen LogP contribution in [0.25, 0.3) is 0 Å². The lowest BCUT2D eigenvalue weighted by molar-refractivity contribution is 0.0706. The van der Waals surface area contributed by atoms with Crippen molar-refractivity contribution in [2.75, 3.05) is 20.1 Å². The molecule has 0 spiro atoms. The summed E-state index contributed by atoms with van der Waals surface area (Å²) in [6, 6.07) is 12.9. The van der Waals surface area contributed by atoms with Crippen LogP contribution in [-0.2, 0) is 0 Å². The molecule has 0 aliphatic carbocycles. The summed E-state index contributed by atoms with van der Waals surface area (Å²) in [5.74, 6) is 1.18. The Labute approximate surface area is 135 Å². The summed E-state index contributed by atoms with van der Waals surface area (Å²) >= 11 is 0. The summed E-state index contributed by atoms with van der Waals surface area (Å²) in [6.45, 7) is 1.78.